The van der Waals surface area contributed by atoms with Crippen LogP contribution in [0, 0.1) is 10.7 Å². The molecule has 2 N–H and O–H groups in total. The summed E-state index contributed by atoms with van der Waals surface area (Å²) in [6.07, 6.45) is 1.64. The molecule has 0 atom stereocenters. The minimum atomic E-state index is -0.0848. The standard InChI is InChI=1S/C24H27N5O3S/c1-32-20-9-7-17(8-10-20)22-26-27-24(33)29(22)16-13-21(30)28-14-11-18(12-15-28)23(31)25-19-5-3-2-4-6-19/h2-10,18H,11-16H2,1H3,(H,25,31)(H,27,33). The summed E-state index contributed by atoms with van der Waals surface area (Å²) < 4.78 is 7.53. The number of benzene rings is 2. The van der Waals surface area contributed by atoms with Gasteiger partial charge in [0.25, 0.3) is 0 Å². The van der Waals surface area contributed by atoms with E-state index in [1.807, 2.05) is 64.1 Å². The Morgan fingerprint density at radius 3 is 2.48 bits per heavy atom. The Morgan fingerprint density at radius 2 is 1.82 bits per heavy atom. The summed E-state index contributed by atoms with van der Waals surface area (Å²) in [5.74, 6) is 1.43. The van der Waals surface area contributed by atoms with Crippen LogP contribution >= 0.6 is 12.2 Å². The second-order valence-electron chi connectivity index (χ2n) is 7.99. The third-order valence-corrected chi connectivity index (χ3v) is 6.23. The molecule has 0 bridgehead atoms. The minimum absolute atomic E-state index is 0.0159. The number of piperidine rings is 1. The predicted molar refractivity (Wildman–Crippen MR) is 128 cm³/mol. The fourth-order valence-electron chi connectivity index (χ4n) is 4.01. The van der Waals surface area contributed by atoms with Crippen LogP contribution < -0.4 is 10.1 Å². The molecule has 2 aromatic carbocycles. The Bertz CT molecular complexity index is 1150. The van der Waals surface area contributed by atoms with E-state index in [0.29, 0.717) is 49.5 Å². The van der Waals surface area contributed by atoms with Gasteiger partial charge in [-0.3, -0.25) is 19.3 Å². The van der Waals surface area contributed by atoms with Gasteiger partial charge in [-0.15, -0.1) is 0 Å². The molecular formula is C24H27N5O3S. The third-order valence-electron chi connectivity index (χ3n) is 5.92. The summed E-state index contributed by atoms with van der Waals surface area (Å²) in [5.41, 5.74) is 1.69. The highest BCUT2D eigenvalue weighted by Gasteiger charge is 2.27. The van der Waals surface area contributed by atoms with Crippen molar-refractivity contribution in [2.75, 3.05) is 25.5 Å². The number of likely N-dealkylation sites (tertiary alicyclic amines) is 1. The van der Waals surface area contributed by atoms with Gasteiger partial charge in [-0.25, -0.2) is 0 Å². The molecule has 2 amide bonds. The van der Waals surface area contributed by atoms with E-state index in [1.54, 1.807) is 7.11 Å². The summed E-state index contributed by atoms with van der Waals surface area (Å²) in [5, 5.41) is 10.1. The van der Waals surface area contributed by atoms with Crippen molar-refractivity contribution in [3.8, 4) is 17.1 Å². The van der Waals surface area contributed by atoms with Crippen molar-refractivity contribution < 1.29 is 14.3 Å². The molecule has 1 aliphatic rings. The molecule has 0 saturated carbocycles. The van der Waals surface area contributed by atoms with E-state index in [-0.39, 0.29) is 17.7 Å². The summed E-state index contributed by atoms with van der Waals surface area (Å²) in [7, 11) is 1.62. The third kappa shape index (κ3) is 5.48. The average Bonchev–Trinajstić information content (AvgIpc) is 3.23. The van der Waals surface area contributed by atoms with Crippen LogP contribution in [-0.4, -0.2) is 51.7 Å². The minimum Gasteiger partial charge on any atom is -0.497 e. The van der Waals surface area contributed by atoms with E-state index >= 15 is 0 Å². The first-order chi connectivity index (χ1) is 16.0. The molecule has 1 fully saturated rings. The Kier molecular flexibility index (Phi) is 7.19. The summed E-state index contributed by atoms with van der Waals surface area (Å²) in [6.45, 7) is 1.59. The molecule has 0 unspecified atom stereocenters. The first kappa shape index (κ1) is 22.7. The zero-order valence-corrected chi connectivity index (χ0v) is 19.3. The molecule has 2 heterocycles. The van der Waals surface area contributed by atoms with Gasteiger partial charge < -0.3 is 15.0 Å². The number of rotatable bonds is 7. The van der Waals surface area contributed by atoms with E-state index < -0.39 is 0 Å². The van der Waals surface area contributed by atoms with Gasteiger partial charge in [0.1, 0.15) is 5.75 Å². The van der Waals surface area contributed by atoms with Crippen molar-refractivity contribution in [2.24, 2.45) is 5.92 Å². The number of aromatic nitrogens is 3. The maximum absolute atomic E-state index is 12.8. The van der Waals surface area contributed by atoms with Gasteiger partial charge in [0.15, 0.2) is 10.6 Å². The van der Waals surface area contributed by atoms with Gasteiger partial charge in [0.2, 0.25) is 11.8 Å². The summed E-state index contributed by atoms with van der Waals surface area (Å²) in [4.78, 5) is 27.2. The Labute approximate surface area is 197 Å². The highest BCUT2D eigenvalue weighted by atomic mass is 32.1. The average molecular weight is 466 g/mol. The number of hydrogen-bond acceptors (Lipinski definition) is 5. The molecule has 1 aromatic heterocycles. The zero-order valence-electron chi connectivity index (χ0n) is 18.5. The maximum Gasteiger partial charge on any atom is 0.227 e. The maximum atomic E-state index is 12.8. The van der Waals surface area contributed by atoms with Crippen molar-refractivity contribution in [3.63, 3.8) is 0 Å². The van der Waals surface area contributed by atoms with Crippen molar-refractivity contribution >= 4 is 29.7 Å². The fraction of sp³-hybridized carbons (Fsp3) is 0.333. The lowest BCUT2D eigenvalue weighted by Gasteiger charge is -2.31. The fourth-order valence-corrected chi connectivity index (χ4v) is 4.23. The molecule has 1 aliphatic heterocycles. The lowest BCUT2D eigenvalue weighted by molar-refractivity contribution is -0.134. The number of hydrogen-bond donors (Lipinski definition) is 2. The van der Waals surface area contributed by atoms with E-state index in [1.165, 1.54) is 0 Å². The Balaban J connectivity index is 1.31. The van der Waals surface area contributed by atoms with Gasteiger partial charge in [0, 0.05) is 43.2 Å². The van der Waals surface area contributed by atoms with Crippen LogP contribution in [0.2, 0.25) is 0 Å². The van der Waals surface area contributed by atoms with Crippen LogP contribution in [0.5, 0.6) is 5.75 Å². The normalized spacial score (nSPS) is 14.2. The number of ether oxygens (including phenoxy) is 1. The topological polar surface area (TPSA) is 92.2 Å². The van der Waals surface area contributed by atoms with Gasteiger partial charge in [0.05, 0.1) is 7.11 Å². The number of aromatic amines is 1. The van der Waals surface area contributed by atoms with E-state index in [4.69, 9.17) is 17.0 Å². The van der Waals surface area contributed by atoms with Gasteiger partial charge in [-0.05, 0) is 61.5 Å². The Morgan fingerprint density at radius 1 is 1.12 bits per heavy atom. The molecule has 0 aliphatic carbocycles. The second-order valence-corrected chi connectivity index (χ2v) is 8.38. The molecule has 0 radical (unpaired) electrons. The van der Waals surface area contributed by atoms with Crippen LogP contribution in [-0.2, 0) is 16.1 Å². The monoisotopic (exact) mass is 465 g/mol. The Hall–Kier alpha value is -3.46. The predicted octanol–water partition coefficient (Wildman–Crippen LogP) is 3.88. The molecule has 33 heavy (non-hydrogen) atoms. The number of methoxy groups -OCH3 is 1. The number of para-hydroxylation sites is 1. The summed E-state index contributed by atoms with van der Waals surface area (Å²) in [6, 6.07) is 17.0. The van der Waals surface area contributed by atoms with Crippen LogP contribution in [0.15, 0.2) is 54.6 Å². The number of nitrogens with one attached hydrogen (secondary N) is 2. The zero-order chi connectivity index (χ0) is 23.2. The number of anilines is 1. The molecule has 8 nitrogen and oxygen atoms in total. The first-order valence-corrected chi connectivity index (χ1v) is 11.4. The van der Waals surface area contributed by atoms with E-state index in [0.717, 1.165) is 17.0 Å². The van der Waals surface area contributed by atoms with Gasteiger partial charge >= 0.3 is 0 Å². The first-order valence-electron chi connectivity index (χ1n) is 11.0. The molecule has 4 rings (SSSR count). The number of nitrogens with zero attached hydrogens (tertiary/aromatic N) is 3. The van der Waals surface area contributed by atoms with E-state index in [9.17, 15) is 9.59 Å². The smallest absolute Gasteiger partial charge is 0.227 e. The molecular weight excluding hydrogens is 438 g/mol. The van der Waals surface area contributed by atoms with Crippen LogP contribution in [0.4, 0.5) is 5.69 Å². The van der Waals surface area contributed by atoms with Crippen LogP contribution in [0.3, 0.4) is 0 Å². The number of H-pyrrole nitrogens is 1. The number of carbonyl (C=O) groups excluding carboxylic acids is 2. The van der Waals surface area contributed by atoms with Crippen molar-refractivity contribution in [3.05, 3.63) is 59.4 Å². The quantitative estimate of drug-likeness (QED) is 0.517. The second kappa shape index (κ2) is 10.4. The van der Waals surface area contributed by atoms with E-state index in [2.05, 4.69) is 15.5 Å². The molecule has 3 aromatic rings. The molecule has 172 valence electrons. The lowest BCUT2D eigenvalue weighted by atomic mass is 9.95. The highest BCUT2D eigenvalue weighted by Crippen LogP contribution is 2.23. The molecule has 0 spiro atoms. The van der Waals surface area contributed by atoms with Crippen LogP contribution in [0.25, 0.3) is 11.4 Å². The lowest BCUT2D eigenvalue weighted by Crippen LogP contribution is -2.41. The highest BCUT2D eigenvalue weighted by molar-refractivity contribution is 7.71. The largest absolute Gasteiger partial charge is 0.497 e. The van der Waals surface area contributed by atoms with Crippen LogP contribution in [0.1, 0.15) is 19.3 Å². The van der Waals surface area contributed by atoms with Crippen molar-refractivity contribution in [1.82, 2.24) is 19.7 Å². The number of amides is 2. The molecule has 9 heteroatoms. The summed E-state index contributed by atoms with van der Waals surface area (Å²) >= 11 is 5.38. The SMILES string of the molecule is COc1ccc(-c2n[nH]c(=S)n2CCC(=O)N2CCC(C(=O)Nc3ccccc3)CC2)cc1. The molecule has 1 saturated heterocycles. The van der Waals surface area contributed by atoms with Crippen molar-refractivity contribution in [2.45, 2.75) is 25.8 Å². The van der Waals surface area contributed by atoms with Gasteiger partial charge in [-0.1, -0.05) is 18.2 Å². The van der Waals surface area contributed by atoms with Gasteiger partial charge in [-0.2, -0.15) is 5.10 Å². The van der Waals surface area contributed by atoms with Crippen molar-refractivity contribution in [1.29, 1.82) is 0 Å². The number of carbonyl (C=O) groups is 2.